The topological polar surface area (TPSA) is 220 Å². The summed E-state index contributed by atoms with van der Waals surface area (Å²) in [5, 5.41) is 16.3. The molecule has 0 fully saturated rings. The second kappa shape index (κ2) is 14.3. The van der Waals surface area contributed by atoms with Crippen LogP contribution in [0.15, 0.2) is 0 Å². The van der Waals surface area contributed by atoms with Gasteiger partial charge in [0.1, 0.15) is 18.1 Å². The summed E-state index contributed by atoms with van der Waals surface area (Å²) in [7, 11) is 0. The number of rotatable bonds is 15. The Bertz CT molecular complexity index is 641. The molecule has 12 nitrogen and oxygen atoms in total. The molecular weight excluding hydrogens is 408 g/mol. The molecule has 0 saturated carbocycles. The highest BCUT2D eigenvalue weighted by molar-refractivity contribution is 5.95. The standard InChI is InChI=1S/C19H36N6O6/c1-10(2)8-12(21)17(28)25-14(9-15(22)26)18(29)23-11(3)16(27)24-13(19(30)31)6-4-5-7-20/h10-14H,4-9,20-21H2,1-3H3,(H2,22,26)(H,23,29)(H,24,27)(H,25,28)(H,30,31). The number of carboxylic acids is 1. The summed E-state index contributed by atoms with van der Waals surface area (Å²) in [6, 6.07) is -4.46. The van der Waals surface area contributed by atoms with Crippen LogP contribution in [0.5, 0.6) is 0 Å². The van der Waals surface area contributed by atoms with Gasteiger partial charge < -0.3 is 38.3 Å². The number of primary amides is 1. The van der Waals surface area contributed by atoms with E-state index in [0.717, 1.165) is 0 Å². The van der Waals surface area contributed by atoms with E-state index >= 15 is 0 Å². The van der Waals surface area contributed by atoms with Crippen LogP contribution in [-0.4, -0.2) is 65.4 Å². The number of nitrogens with one attached hydrogen (secondary N) is 3. The molecule has 0 aliphatic heterocycles. The van der Waals surface area contributed by atoms with E-state index in [-0.39, 0.29) is 12.3 Å². The fourth-order valence-electron chi connectivity index (χ4n) is 2.73. The van der Waals surface area contributed by atoms with Crippen molar-refractivity contribution in [1.29, 1.82) is 0 Å². The molecule has 0 aromatic rings. The first-order chi connectivity index (χ1) is 14.4. The molecule has 0 saturated heterocycles. The first-order valence-corrected chi connectivity index (χ1v) is 10.3. The van der Waals surface area contributed by atoms with Crippen molar-refractivity contribution >= 4 is 29.6 Å². The van der Waals surface area contributed by atoms with E-state index in [4.69, 9.17) is 17.2 Å². The van der Waals surface area contributed by atoms with Crippen molar-refractivity contribution in [2.45, 2.75) is 77.0 Å². The number of unbranched alkanes of at least 4 members (excludes halogenated alkanes) is 1. The molecule has 10 N–H and O–H groups in total. The first kappa shape index (κ1) is 28.3. The Morgan fingerprint density at radius 2 is 1.45 bits per heavy atom. The van der Waals surface area contributed by atoms with Crippen LogP contribution in [0.3, 0.4) is 0 Å². The van der Waals surface area contributed by atoms with Crippen LogP contribution in [0.25, 0.3) is 0 Å². The number of amides is 4. The van der Waals surface area contributed by atoms with Crippen LogP contribution in [0, 0.1) is 5.92 Å². The lowest BCUT2D eigenvalue weighted by Gasteiger charge is -2.23. The number of hydrogen-bond donors (Lipinski definition) is 7. The highest BCUT2D eigenvalue weighted by Crippen LogP contribution is 2.04. The number of hydrogen-bond acceptors (Lipinski definition) is 7. The molecule has 0 aromatic carbocycles. The van der Waals surface area contributed by atoms with E-state index in [1.807, 2.05) is 13.8 Å². The minimum atomic E-state index is -1.32. The lowest BCUT2D eigenvalue weighted by molar-refractivity contribution is -0.142. The van der Waals surface area contributed by atoms with Crippen LogP contribution in [-0.2, 0) is 24.0 Å². The van der Waals surface area contributed by atoms with Crippen LogP contribution in [0.1, 0.15) is 52.9 Å². The molecule has 4 unspecified atom stereocenters. The van der Waals surface area contributed by atoms with Crippen molar-refractivity contribution < 1.29 is 29.1 Å². The highest BCUT2D eigenvalue weighted by atomic mass is 16.4. The zero-order chi connectivity index (χ0) is 24.1. The summed E-state index contributed by atoms with van der Waals surface area (Å²) in [5.41, 5.74) is 16.3. The van der Waals surface area contributed by atoms with Gasteiger partial charge in [0.25, 0.3) is 0 Å². The smallest absolute Gasteiger partial charge is 0.326 e. The zero-order valence-electron chi connectivity index (χ0n) is 18.3. The first-order valence-electron chi connectivity index (χ1n) is 10.3. The monoisotopic (exact) mass is 444 g/mol. The third kappa shape index (κ3) is 11.9. The second-order valence-corrected chi connectivity index (χ2v) is 7.88. The molecule has 0 rings (SSSR count). The molecule has 178 valence electrons. The van der Waals surface area contributed by atoms with Crippen molar-refractivity contribution in [3.63, 3.8) is 0 Å². The van der Waals surface area contributed by atoms with Crippen molar-refractivity contribution in [3.8, 4) is 0 Å². The van der Waals surface area contributed by atoms with Crippen molar-refractivity contribution in [3.05, 3.63) is 0 Å². The zero-order valence-corrected chi connectivity index (χ0v) is 18.3. The molecule has 12 heteroatoms. The second-order valence-electron chi connectivity index (χ2n) is 7.88. The molecule has 0 aliphatic rings. The molecule has 0 aromatic heterocycles. The molecular formula is C19H36N6O6. The third-order valence-electron chi connectivity index (χ3n) is 4.41. The van der Waals surface area contributed by atoms with Gasteiger partial charge in [-0.05, 0) is 45.1 Å². The molecule has 0 heterocycles. The summed E-state index contributed by atoms with van der Waals surface area (Å²) in [5.74, 6) is -4.07. The lowest BCUT2D eigenvalue weighted by atomic mass is 10.0. The van der Waals surface area contributed by atoms with Gasteiger partial charge in [-0.2, -0.15) is 0 Å². The van der Waals surface area contributed by atoms with Crippen LogP contribution in [0.2, 0.25) is 0 Å². The number of carbonyl (C=O) groups excluding carboxylic acids is 4. The van der Waals surface area contributed by atoms with Crippen LogP contribution < -0.4 is 33.2 Å². The van der Waals surface area contributed by atoms with Gasteiger partial charge in [0.15, 0.2) is 0 Å². The Balaban J connectivity index is 5.02. The van der Waals surface area contributed by atoms with E-state index in [1.165, 1.54) is 6.92 Å². The van der Waals surface area contributed by atoms with Gasteiger partial charge in [-0.25, -0.2) is 4.79 Å². The third-order valence-corrected chi connectivity index (χ3v) is 4.41. The molecule has 0 aliphatic carbocycles. The van der Waals surface area contributed by atoms with Crippen molar-refractivity contribution in [2.75, 3.05) is 6.54 Å². The SMILES string of the molecule is CC(C)CC(N)C(=O)NC(CC(N)=O)C(=O)NC(C)C(=O)NC(CCCCN)C(=O)O. The van der Waals surface area contributed by atoms with Gasteiger partial charge in [0.05, 0.1) is 12.5 Å². The Morgan fingerprint density at radius 3 is 1.94 bits per heavy atom. The summed E-state index contributed by atoms with van der Waals surface area (Å²) in [6.45, 7) is 5.50. The summed E-state index contributed by atoms with van der Waals surface area (Å²) in [4.78, 5) is 59.7. The molecule has 31 heavy (non-hydrogen) atoms. The van der Waals surface area contributed by atoms with E-state index in [1.54, 1.807) is 0 Å². The number of nitrogens with two attached hydrogens (primary N) is 3. The van der Waals surface area contributed by atoms with E-state index < -0.39 is 60.2 Å². The highest BCUT2D eigenvalue weighted by Gasteiger charge is 2.29. The maximum absolute atomic E-state index is 12.5. The molecule has 0 radical (unpaired) electrons. The van der Waals surface area contributed by atoms with Gasteiger partial charge >= 0.3 is 5.97 Å². The maximum atomic E-state index is 12.5. The summed E-state index contributed by atoms with van der Waals surface area (Å²) >= 11 is 0. The van der Waals surface area contributed by atoms with Gasteiger partial charge in [-0.15, -0.1) is 0 Å². The lowest BCUT2D eigenvalue weighted by Crippen LogP contribution is -2.57. The van der Waals surface area contributed by atoms with Gasteiger partial charge in [0, 0.05) is 0 Å². The van der Waals surface area contributed by atoms with Gasteiger partial charge in [0.2, 0.25) is 23.6 Å². The van der Waals surface area contributed by atoms with Crippen LogP contribution in [0.4, 0.5) is 0 Å². The maximum Gasteiger partial charge on any atom is 0.326 e. The van der Waals surface area contributed by atoms with Gasteiger partial charge in [-0.1, -0.05) is 13.8 Å². The Kier molecular flexibility index (Phi) is 13.0. The average Bonchev–Trinajstić information content (AvgIpc) is 2.65. The number of carbonyl (C=O) groups is 5. The van der Waals surface area contributed by atoms with Crippen LogP contribution >= 0.6 is 0 Å². The van der Waals surface area contributed by atoms with Crippen molar-refractivity contribution in [2.24, 2.45) is 23.1 Å². The summed E-state index contributed by atoms with van der Waals surface area (Å²) < 4.78 is 0. The Hall–Kier alpha value is -2.73. The van der Waals surface area contributed by atoms with E-state index in [2.05, 4.69) is 16.0 Å². The summed E-state index contributed by atoms with van der Waals surface area (Å²) in [6.07, 6.45) is 1.19. The minimum Gasteiger partial charge on any atom is -0.480 e. The molecule has 0 spiro atoms. The predicted molar refractivity (Wildman–Crippen MR) is 113 cm³/mol. The fraction of sp³-hybridized carbons (Fsp3) is 0.737. The number of aliphatic carboxylic acids is 1. The fourth-order valence-corrected chi connectivity index (χ4v) is 2.73. The molecule has 0 bridgehead atoms. The minimum absolute atomic E-state index is 0.139. The molecule has 4 amide bonds. The molecule has 4 atom stereocenters. The quantitative estimate of drug-likeness (QED) is 0.139. The van der Waals surface area contributed by atoms with Gasteiger partial charge in [-0.3, -0.25) is 19.2 Å². The predicted octanol–water partition coefficient (Wildman–Crippen LogP) is -2.08. The number of carboxylic acid groups (broad SMARTS) is 1. The average molecular weight is 445 g/mol. The Labute approximate surface area is 182 Å². The van der Waals surface area contributed by atoms with Crippen molar-refractivity contribution in [1.82, 2.24) is 16.0 Å². The van der Waals surface area contributed by atoms with E-state index in [0.29, 0.717) is 25.8 Å². The normalized spacial score (nSPS) is 14.8. The van der Waals surface area contributed by atoms with E-state index in [9.17, 15) is 29.1 Å². The Morgan fingerprint density at radius 1 is 0.871 bits per heavy atom. The largest absolute Gasteiger partial charge is 0.480 e.